The Morgan fingerprint density at radius 1 is 1.00 bits per heavy atom. The van der Waals surface area contributed by atoms with Gasteiger partial charge in [-0.1, -0.05) is 12.2 Å². The van der Waals surface area contributed by atoms with Crippen LogP contribution in [0.2, 0.25) is 0 Å². The molecule has 0 heterocycles. The topological polar surface area (TPSA) is 114 Å². The van der Waals surface area contributed by atoms with Crippen LogP contribution in [0.15, 0.2) is 12.2 Å². The number of carbonyl (C=O) groups excluding carboxylic acids is 4. The van der Waals surface area contributed by atoms with Crippen LogP contribution in [-0.2, 0) is 23.9 Å². The van der Waals surface area contributed by atoms with E-state index in [1.54, 1.807) is 5.32 Å². The van der Waals surface area contributed by atoms with Crippen LogP contribution >= 0.6 is 0 Å². The molecular formula is C18H26F3N3O5. The largest absolute Gasteiger partial charge is 0.471 e. The number of allylic oxidation sites excluding steroid dienone is 2. The van der Waals surface area contributed by atoms with E-state index in [9.17, 15) is 32.3 Å². The third-order valence-electron chi connectivity index (χ3n) is 4.52. The smallest absolute Gasteiger partial charge is 0.467 e. The van der Waals surface area contributed by atoms with Gasteiger partial charge in [0.15, 0.2) is 0 Å². The molecule has 0 aromatic rings. The van der Waals surface area contributed by atoms with Crippen LogP contribution in [-0.4, -0.2) is 55.1 Å². The van der Waals surface area contributed by atoms with Crippen molar-refractivity contribution in [1.29, 1.82) is 0 Å². The summed E-state index contributed by atoms with van der Waals surface area (Å²) >= 11 is 0. The zero-order chi connectivity index (χ0) is 22.2. The van der Waals surface area contributed by atoms with E-state index >= 15 is 0 Å². The van der Waals surface area contributed by atoms with E-state index in [4.69, 9.17) is 0 Å². The van der Waals surface area contributed by atoms with Gasteiger partial charge in [-0.3, -0.25) is 14.4 Å². The molecule has 11 heteroatoms. The maximum Gasteiger partial charge on any atom is 0.471 e. The van der Waals surface area contributed by atoms with E-state index in [-0.39, 0.29) is 0 Å². The lowest BCUT2D eigenvalue weighted by atomic mass is 9.88. The van der Waals surface area contributed by atoms with Gasteiger partial charge < -0.3 is 20.7 Å². The van der Waals surface area contributed by atoms with Gasteiger partial charge in [0.1, 0.15) is 12.1 Å². The van der Waals surface area contributed by atoms with Crippen molar-refractivity contribution in [2.45, 2.75) is 63.8 Å². The second-order valence-corrected chi connectivity index (χ2v) is 6.79. The number of esters is 1. The lowest BCUT2D eigenvalue weighted by Crippen LogP contribution is -2.55. The van der Waals surface area contributed by atoms with Crippen molar-refractivity contribution < 1.29 is 37.1 Å². The quantitative estimate of drug-likeness (QED) is 0.437. The van der Waals surface area contributed by atoms with Crippen LogP contribution in [0.5, 0.6) is 0 Å². The third kappa shape index (κ3) is 7.74. The molecule has 0 unspecified atom stereocenters. The minimum absolute atomic E-state index is 0.366. The normalized spacial score (nSPS) is 22.8. The molecule has 0 saturated carbocycles. The maximum absolute atomic E-state index is 12.7. The van der Waals surface area contributed by atoms with Crippen molar-refractivity contribution in [1.82, 2.24) is 16.0 Å². The first-order valence-corrected chi connectivity index (χ1v) is 9.18. The number of nitrogens with one attached hydrogen (secondary N) is 3. The number of hydrogen-bond acceptors (Lipinski definition) is 5. The second-order valence-electron chi connectivity index (χ2n) is 6.79. The van der Waals surface area contributed by atoms with Crippen LogP contribution in [0, 0.1) is 5.92 Å². The van der Waals surface area contributed by atoms with Crippen molar-refractivity contribution in [3.63, 3.8) is 0 Å². The number of carbonyl (C=O) groups is 4. The van der Waals surface area contributed by atoms with Crippen molar-refractivity contribution in [3.8, 4) is 0 Å². The van der Waals surface area contributed by atoms with Crippen LogP contribution in [0.1, 0.15) is 39.5 Å². The van der Waals surface area contributed by atoms with Crippen LogP contribution < -0.4 is 16.0 Å². The van der Waals surface area contributed by atoms with Gasteiger partial charge in [0.2, 0.25) is 11.8 Å². The monoisotopic (exact) mass is 421 g/mol. The average Bonchev–Trinajstić information content (AvgIpc) is 2.61. The molecule has 0 fully saturated rings. The van der Waals surface area contributed by atoms with Crippen molar-refractivity contribution in [2.24, 2.45) is 5.92 Å². The summed E-state index contributed by atoms with van der Waals surface area (Å²) in [6.07, 6.45) is 0.513. The summed E-state index contributed by atoms with van der Waals surface area (Å²) in [5.74, 6) is -4.87. The van der Waals surface area contributed by atoms with E-state index in [0.29, 0.717) is 25.7 Å². The molecule has 0 aromatic carbocycles. The number of halogens is 3. The molecule has 0 aliphatic heterocycles. The van der Waals surface area contributed by atoms with E-state index in [0.717, 1.165) is 6.92 Å². The number of ether oxygens (including phenoxy) is 1. The predicted molar refractivity (Wildman–Crippen MR) is 96.3 cm³/mol. The minimum Gasteiger partial charge on any atom is -0.467 e. The molecule has 3 N–H and O–H groups in total. The summed E-state index contributed by atoms with van der Waals surface area (Å²) in [5.41, 5.74) is 0. The number of amides is 3. The lowest BCUT2D eigenvalue weighted by Gasteiger charge is -2.30. The summed E-state index contributed by atoms with van der Waals surface area (Å²) in [4.78, 5) is 47.5. The van der Waals surface area contributed by atoms with E-state index in [2.05, 4.69) is 15.4 Å². The number of hydrogen-bond donors (Lipinski definition) is 3. The molecule has 8 nitrogen and oxygen atoms in total. The van der Waals surface area contributed by atoms with Gasteiger partial charge in [-0.15, -0.1) is 0 Å². The Morgan fingerprint density at radius 3 is 2.14 bits per heavy atom. The minimum atomic E-state index is -5.11. The Labute approximate surface area is 166 Å². The van der Waals surface area contributed by atoms with Gasteiger partial charge in [-0.05, 0) is 39.5 Å². The van der Waals surface area contributed by atoms with Gasteiger partial charge in [0, 0.05) is 6.04 Å². The first-order valence-electron chi connectivity index (χ1n) is 9.18. The summed E-state index contributed by atoms with van der Waals surface area (Å²) in [7, 11) is 1.19. The predicted octanol–water partition coefficient (Wildman–Crippen LogP) is 0.962. The number of alkyl halides is 3. The van der Waals surface area contributed by atoms with Crippen LogP contribution in [0.25, 0.3) is 0 Å². The molecule has 1 aliphatic rings. The SMILES string of the molecule is COC(=O)[C@H](C)NC(=O)[C@H]1CC/C=C\CC[C@H]1NC(=O)[C@H](C)NC(=O)C(F)(F)F. The molecule has 0 aromatic heterocycles. The zero-order valence-electron chi connectivity index (χ0n) is 16.5. The third-order valence-corrected chi connectivity index (χ3v) is 4.52. The fourth-order valence-electron chi connectivity index (χ4n) is 2.88. The Bertz CT molecular complexity index is 651. The highest BCUT2D eigenvalue weighted by molar-refractivity contribution is 5.90. The fraction of sp³-hybridized carbons (Fsp3) is 0.667. The molecule has 1 rings (SSSR count). The van der Waals surface area contributed by atoms with Crippen molar-refractivity contribution in [2.75, 3.05) is 7.11 Å². The Kier molecular flexibility index (Phi) is 9.12. The molecule has 3 amide bonds. The van der Waals surface area contributed by atoms with Gasteiger partial charge >= 0.3 is 18.1 Å². The molecule has 0 saturated heterocycles. The highest BCUT2D eigenvalue weighted by Gasteiger charge is 2.40. The van der Waals surface area contributed by atoms with Gasteiger partial charge in [0.05, 0.1) is 13.0 Å². The molecular weight excluding hydrogens is 395 g/mol. The first kappa shape index (κ1) is 24.4. The van der Waals surface area contributed by atoms with Gasteiger partial charge in [0.25, 0.3) is 0 Å². The standard InChI is InChI=1S/C18H26F3N3O5/c1-10(23-17(28)18(19,20)21)14(25)24-13-9-7-5-4-6-8-12(13)15(26)22-11(2)16(27)29-3/h4-5,10-13H,6-9H2,1-3H3,(H,22,26)(H,23,28)(H,24,25)/b5-4-/t10-,11-,12-,13+/m0/s1. The number of methoxy groups -OCH3 is 1. The molecule has 29 heavy (non-hydrogen) atoms. The highest BCUT2D eigenvalue weighted by Crippen LogP contribution is 2.21. The molecule has 164 valence electrons. The molecule has 0 bridgehead atoms. The Hall–Kier alpha value is -2.59. The summed E-state index contributed by atoms with van der Waals surface area (Å²) < 4.78 is 41.7. The summed E-state index contributed by atoms with van der Waals surface area (Å²) in [6.45, 7) is 2.57. The Morgan fingerprint density at radius 2 is 1.59 bits per heavy atom. The average molecular weight is 421 g/mol. The summed E-state index contributed by atoms with van der Waals surface area (Å²) in [6, 6.07) is -3.01. The van der Waals surface area contributed by atoms with Crippen molar-refractivity contribution in [3.05, 3.63) is 12.2 Å². The number of rotatable bonds is 6. The van der Waals surface area contributed by atoms with Crippen molar-refractivity contribution >= 4 is 23.7 Å². The van der Waals surface area contributed by atoms with Crippen LogP contribution in [0.3, 0.4) is 0 Å². The molecule has 4 atom stereocenters. The van der Waals surface area contributed by atoms with E-state index in [1.807, 2.05) is 12.2 Å². The molecule has 0 radical (unpaired) electrons. The zero-order valence-corrected chi connectivity index (χ0v) is 16.5. The fourth-order valence-corrected chi connectivity index (χ4v) is 2.88. The second kappa shape index (κ2) is 10.8. The van der Waals surface area contributed by atoms with Gasteiger partial charge in [-0.2, -0.15) is 13.2 Å². The lowest BCUT2D eigenvalue weighted by molar-refractivity contribution is -0.174. The molecule has 1 aliphatic carbocycles. The van der Waals surface area contributed by atoms with Gasteiger partial charge in [-0.25, -0.2) is 4.79 Å². The maximum atomic E-state index is 12.7. The first-order chi connectivity index (χ1) is 13.5. The van der Waals surface area contributed by atoms with Crippen LogP contribution in [0.4, 0.5) is 13.2 Å². The van der Waals surface area contributed by atoms with E-state index in [1.165, 1.54) is 14.0 Å². The Balaban J connectivity index is 2.85. The highest BCUT2D eigenvalue weighted by atomic mass is 19.4. The summed E-state index contributed by atoms with van der Waals surface area (Å²) in [5, 5.41) is 6.67. The van der Waals surface area contributed by atoms with E-state index < -0.39 is 53.9 Å². The molecule has 0 spiro atoms.